The summed E-state index contributed by atoms with van der Waals surface area (Å²) in [4.78, 5) is 6.02. The van der Waals surface area contributed by atoms with E-state index in [1.165, 1.54) is 4.91 Å². The van der Waals surface area contributed by atoms with Crippen LogP contribution in [0.2, 0.25) is 0 Å². The van der Waals surface area contributed by atoms with Crippen molar-refractivity contribution in [3.8, 4) is 0 Å². The van der Waals surface area contributed by atoms with Gasteiger partial charge in [-0.2, -0.15) is 0 Å². The van der Waals surface area contributed by atoms with Gasteiger partial charge in [-0.1, -0.05) is 44.5 Å². The van der Waals surface area contributed by atoms with Crippen molar-refractivity contribution in [2.75, 3.05) is 13.1 Å². The molecular formula is C13H20N5Sn-2. The second-order valence-corrected chi connectivity index (χ2v) is 3.53. The minimum absolute atomic E-state index is 0. The Morgan fingerprint density at radius 3 is 2.32 bits per heavy atom. The van der Waals surface area contributed by atoms with Crippen LogP contribution in [0.3, 0.4) is 0 Å². The van der Waals surface area contributed by atoms with Gasteiger partial charge in [0.1, 0.15) is 0 Å². The molecule has 0 atom stereocenters. The average Bonchev–Trinajstić information content (AvgIpc) is 2.60. The second-order valence-electron chi connectivity index (χ2n) is 3.53. The summed E-state index contributed by atoms with van der Waals surface area (Å²) in [6.45, 7) is 6.02. The van der Waals surface area contributed by atoms with Gasteiger partial charge in [-0.25, -0.2) is 0 Å². The monoisotopic (exact) mass is 366 g/mol. The zero-order valence-corrected chi connectivity index (χ0v) is 14.8. The Kier molecular flexibility index (Phi) is 15.7. The fourth-order valence-electron chi connectivity index (χ4n) is 1.26. The van der Waals surface area contributed by atoms with Gasteiger partial charge in [0.15, 0.2) is 0 Å². The molecule has 0 amide bonds. The molecule has 5 nitrogen and oxygen atoms in total. The van der Waals surface area contributed by atoms with Gasteiger partial charge >= 0.3 is 23.9 Å². The Hall–Kier alpha value is -1.20. The van der Waals surface area contributed by atoms with Crippen LogP contribution < -0.4 is 5.36 Å². The molecule has 19 heavy (non-hydrogen) atoms. The van der Waals surface area contributed by atoms with Crippen LogP contribution in [-0.4, -0.2) is 37.0 Å². The van der Waals surface area contributed by atoms with E-state index < -0.39 is 0 Å². The fourth-order valence-corrected chi connectivity index (χ4v) is 1.26. The van der Waals surface area contributed by atoms with E-state index in [9.17, 15) is 0 Å². The van der Waals surface area contributed by atoms with Gasteiger partial charge in [0.2, 0.25) is 0 Å². The molecule has 1 aromatic carbocycles. The summed E-state index contributed by atoms with van der Waals surface area (Å²) in [5.74, 6) is 0. The fraction of sp³-hybridized carbons (Fsp3) is 0.462. The first kappa shape index (κ1) is 20.1. The van der Waals surface area contributed by atoms with Crippen LogP contribution in [0.5, 0.6) is 0 Å². The first-order chi connectivity index (χ1) is 8.79. The third-order valence-electron chi connectivity index (χ3n) is 2.00. The van der Waals surface area contributed by atoms with E-state index in [1.54, 1.807) is 0 Å². The molecule has 0 aliphatic heterocycles. The van der Waals surface area contributed by atoms with Gasteiger partial charge in [-0.05, 0) is 12.5 Å². The van der Waals surface area contributed by atoms with E-state index in [-0.39, 0.29) is 23.9 Å². The Labute approximate surface area is 131 Å². The van der Waals surface area contributed by atoms with E-state index in [4.69, 9.17) is 11.1 Å². The molecule has 0 aliphatic carbocycles. The van der Waals surface area contributed by atoms with Crippen molar-refractivity contribution in [1.29, 1.82) is 0 Å². The predicted molar refractivity (Wildman–Crippen MR) is 82.6 cm³/mol. The Morgan fingerprint density at radius 2 is 1.74 bits per heavy atom. The van der Waals surface area contributed by atoms with Crippen molar-refractivity contribution in [2.45, 2.75) is 26.7 Å². The second kappa shape index (κ2) is 14.9. The number of hydrogen-bond donors (Lipinski definition) is 0. The zero-order valence-electron chi connectivity index (χ0n) is 11.5. The Balaban J connectivity index is 0. The first-order valence-electron chi connectivity index (χ1n) is 6.05. The van der Waals surface area contributed by atoms with Crippen LogP contribution in [0.1, 0.15) is 26.7 Å². The molecular weight excluding hydrogens is 345 g/mol. The topological polar surface area (TPSA) is 85.2 Å². The molecule has 0 aliphatic rings. The summed E-state index contributed by atoms with van der Waals surface area (Å²) < 4.78 is 0. The summed E-state index contributed by atoms with van der Waals surface area (Å²) in [6, 6.07) is 10.1. The molecule has 0 N–H and O–H groups in total. The van der Waals surface area contributed by atoms with E-state index >= 15 is 0 Å². The van der Waals surface area contributed by atoms with E-state index in [1.807, 2.05) is 30.3 Å². The van der Waals surface area contributed by atoms with E-state index in [0.717, 1.165) is 37.0 Å². The van der Waals surface area contributed by atoms with Crippen LogP contribution in [0.25, 0.3) is 21.3 Å². The third-order valence-corrected chi connectivity index (χ3v) is 2.00. The zero-order chi connectivity index (χ0) is 13.6. The molecule has 1 rings (SSSR count). The van der Waals surface area contributed by atoms with Gasteiger partial charge in [-0.15, -0.1) is 12.2 Å². The number of hydrogen-bond acceptors (Lipinski definition) is 1. The molecule has 1 aromatic rings. The SMILES string of the molecule is CCCN=c1cccccc1[N-]CCC.[N-]=[N+]=[N-].[SnH]. The maximum absolute atomic E-state index is 6.75. The standard InChI is InChI=1S/C13H19N2.N3.Sn.H/c1-3-10-14-12-8-6-5-7-9-13(12)15-11-4-2;1-3-2;;/h5-9H,3-4,10-11H2,1-2H3;;;/q2*-1;;. The first-order valence-corrected chi connectivity index (χ1v) is 6.05. The molecule has 0 saturated heterocycles. The molecule has 0 aromatic heterocycles. The van der Waals surface area contributed by atoms with Crippen molar-refractivity contribution < 1.29 is 0 Å². The molecule has 6 heteroatoms. The van der Waals surface area contributed by atoms with Crippen molar-refractivity contribution in [3.63, 3.8) is 0 Å². The molecule has 0 heterocycles. The summed E-state index contributed by atoms with van der Waals surface area (Å²) in [6.07, 6.45) is 2.15. The summed E-state index contributed by atoms with van der Waals surface area (Å²) in [7, 11) is 0. The summed E-state index contributed by atoms with van der Waals surface area (Å²) >= 11 is 0. The van der Waals surface area contributed by atoms with Gasteiger partial charge < -0.3 is 16.4 Å². The number of rotatable bonds is 5. The van der Waals surface area contributed by atoms with E-state index in [0.29, 0.717) is 0 Å². The minimum atomic E-state index is 0. The van der Waals surface area contributed by atoms with Crippen LogP contribution in [0.4, 0.5) is 5.69 Å². The van der Waals surface area contributed by atoms with E-state index in [2.05, 4.69) is 24.2 Å². The molecule has 103 valence electrons. The molecule has 0 spiro atoms. The van der Waals surface area contributed by atoms with Gasteiger partial charge in [-0.3, -0.25) is 9.90 Å². The maximum atomic E-state index is 6.75. The van der Waals surface area contributed by atoms with Crippen LogP contribution in [-0.2, 0) is 0 Å². The van der Waals surface area contributed by atoms with Crippen molar-refractivity contribution >= 4 is 29.6 Å². The number of nitrogens with zero attached hydrogens (tertiary/aromatic N) is 5. The normalized spacial score (nSPS) is 9.47. The summed E-state index contributed by atoms with van der Waals surface area (Å²) in [5.41, 5.74) is 14.5. The van der Waals surface area contributed by atoms with Crippen molar-refractivity contribution in [2.24, 2.45) is 4.99 Å². The Bertz CT molecular complexity index is 427. The third kappa shape index (κ3) is 10.4. The van der Waals surface area contributed by atoms with Gasteiger partial charge in [0, 0.05) is 11.9 Å². The van der Waals surface area contributed by atoms with Gasteiger partial charge in [0.05, 0.1) is 0 Å². The van der Waals surface area contributed by atoms with Crippen LogP contribution in [0, 0.1) is 0 Å². The average molecular weight is 365 g/mol. The molecule has 0 unspecified atom stereocenters. The van der Waals surface area contributed by atoms with Crippen molar-refractivity contribution in [1.82, 2.24) is 0 Å². The molecule has 0 saturated carbocycles. The molecule has 0 fully saturated rings. The molecule has 3 radical (unpaired) electrons. The Morgan fingerprint density at radius 1 is 1.11 bits per heavy atom. The summed E-state index contributed by atoms with van der Waals surface area (Å²) in [5, 5.41) is 5.53. The molecule has 0 bridgehead atoms. The van der Waals surface area contributed by atoms with Crippen LogP contribution >= 0.6 is 0 Å². The quantitative estimate of drug-likeness (QED) is 0.330. The van der Waals surface area contributed by atoms with Gasteiger partial charge in [0.25, 0.3) is 0 Å². The van der Waals surface area contributed by atoms with Crippen LogP contribution in [0.15, 0.2) is 35.3 Å². The predicted octanol–water partition coefficient (Wildman–Crippen LogP) is 3.63. The van der Waals surface area contributed by atoms with Crippen molar-refractivity contribution in [3.05, 3.63) is 57.0 Å².